The highest BCUT2D eigenvalue weighted by Crippen LogP contribution is 2.28. The molecule has 1 saturated heterocycles. The predicted octanol–water partition coefficient (Wildman–Crippen LogP) is 1.13. The Labute approximate surface area is 175 Å². The number of nitrogens with zero attached hydrogens (tertiary/aromatic N) is 4. The number of nitro groups is 2. The molecule has 1 fully saturated rings. The molecule has 0 bridgehead atoms. The summed E-state index contributed by atoms with van der Waals surface area (Å²) < 4.78 is 26.9. The first kappa shape index (κ1) is 22.1. The van der Waals surface area contributed by atoms with E-state index < -0.39 is 25.8 Å². The topological polar surface area (TPSA) is 176 Å². The van der Waals surface area contributed by atoms with Crippen molar-refractivity contribution in [3.8, 4) is 0 Å². The van der Waals surface area contributed by atoms with Gasteiger partial charge in [0, 0.05) is 50.4 Å². The molecule has 3 rings (SSSR count). The lowest BCUT2D eigenvalue weighted by atomic mass is 10.1. The second-order valence-electron chi connectivity index (χ2n) is 6.55. The fourth-order valence-electron chi connectivity index (χ4n) is 3.23. The van der Waals surface area contributed by atoms with Crippen molar-refractivity contribution < 1.29 is 28.3 Å². The van der Waals surface area contributed by atoms with Gasteiger partial charge in [0.1, 0.15) is 0 Å². The van der Waals surface area contributed by atoms with Gasteiger partial charge in [0.2, 0.25) is 10.0 Å². The highest BCUT2D eigenvalue weighted by atomic mass is 32.2. The van der Waals surface area contributed by atoms with Crippen LogP contribution in [0.25, 0.3) is 0 Å². The van der Waals surface area contributed by atoms with E-state index in [2.05, 4.69) is 0 Å². The van der Waals surface area contributed by atoms with Gasteiger partial charge in [-0.15, -0.1) is 0 Å². The number of anilines is 1. The summed E-state index contributed by atoms with van der Waals surface area (Å²) in [5, 5.41) is 30.9. The molecule has 1 amide bonds. The molecule has 31 heavy (non-hydrogen) atoms. The predicted molar refractivity (Wildman–Crippen MR) is 106 cm³/mol. The normalized spacial score (nSPS) is 14.8. The van der Waals surface area contributed by atoms with Gasteiger partial charge >= 0.3 is 0 Å². The van der Waals surface area contributed by atoms with Crippen molar-refractivity contribution in [2.24, 2.45) is 0 Å². The van der Waals surface area contributed by atoms with Crippen molar-refractivity contribution in [3.63, 3.8) is 0 Å². The molecule has 0 radical (unpaired) electrons. The number of benzene rings is 2. The number of hydrogen-bond acceptors (Lipinski definition) is 9. The molecule has 2 aromatic rings. The van der Waals surface area contributed by atoms with Gasteiger partial charge in [0.15, 0.2) is 0 Å². The van der Waals surface area contributed by atoms with Gasteiger partial charge in [-0.05, 0) is 12.1 Å². The SMILES string of the molecule is O=C(NO)c1cc([N+](=O)[O-])ccc1N1CCN(S(=O)(=O)c2cccc([N+](=O)[O-])c2)CC1. The third kappa shape index (κ3) is 4.45. The number of hydroxylamine groups is 1. The summed E-state index contributed by atoms with van der Waals surface area (Å²) in [6.07, 6.45) is 0. The maximum atomic E-state index is 12.9. The zero-order valence-corrected chi connectivity index (χ0v) is 16.7. The van der Waals surface area contributed by atoms with Gasteiger partial charge in [-0.2, -0.15) is 4.31 Å². The summed E-state index contributed by atoms with van der Waals surface area (Å²) >= 11 is 0. The summed E-state index contributed by atoms with van der Waals surface area (Å²) in [4.78, 5) is 34.0. The van der Waals surface area contributed by atoms with E-state index in [1.807, 2.05) is 0 Å². The molecule has 1 heterocycles. The van der Waals surface area contributed by atoms with Crippen LogP contribution in [0.15, 0.2) is 47.4 Å². The van der Waals surface area contributed by atoms with Crippen LogP contribution in [-0.4, -0.2) is 59.9 Å². The van der Waals surface area contributed by atoms with Crippen LogP contribution in [-0.2, 0) is 10.0 Å². The number of amides is 1. The van der Waals surface area contributed by atoms with Gasteiger partial charge in [0.05, 0.1) is 26.0 Å². The third-order valence-electron chi connectivity index (χ3n) is 4.78. The molecule has 0 unspecified atom stereocenters. The minimum atomic E-state index is -3.98. The van der Waals surface area contributed by atoms with E-state index in [4.69, 9.17) is 5.21 Å². The van der Waals surface area contributed by atoms with Gasteiger partial charge in [-0.1, -0.05) is 6.07 Å². The number of nitro benzene ring substituents is 2. The summed E-state index contributed by atoms with van der Waals surface area (Å²) in [6, 6.07) is 8.32. The highest BCUT2D eigenvalue weighted by molar-refractivity contribution is 7.89. The molecule has 0 spiro atoms. The maximum Gasteiger partial charge on any atom is 0.276 e. The Morgan fingerprint density at radius 3 is 2.16 bits per heavy atom. The van der Waals surface area contributed by atoms with E-state index in [0.717, 1.165) is 12.1 Å². The van der Waals surface area contributed by atoms with Crippen LogP contribution in [0.2, 0.25) is 0 Å². The smallest absolute Gasteiger partial charge is 0.276 e. The number of rotatable bonds is 6. The summed E-state index contributed by atoms with van der Waals surface area (Å²) in [6.45, 7) is 0.333. The number of nitrogens with one attached hydrogen (secondary N) is 1. The molecule has 164 valence electrons. The first-order chi connectivity index (χ1) is 14.6. The van der Waals surface area contributed by atoms with Crippen LogP contribution in [0, 0.1) is 20.2 Å². The summed E-state index contributed by atoms with van der Waals surface area (Å²) in [5.41, 5.74) is 0.928. The van der Waals surface area contributed by atoms with E-state index in [1.165, 1.54) is 40.1 Å². The molecule has 2 aromatic carbocycles. The van der Waals surface area contributed by atoms with Crippen molar-refractivity contribution in [3.05, 3.63) is 68.3 Å². The molecule has 14 heteroatoms. The zero-order valence-electron chi connectivity index (χ0n) is 15.9. The first-order valence-electron chi connectivity index (χ1n) is 8.87. The van der Waals surface area contributed by atoms with E-state index >= 15 is 0 Å². The lowest BCUT2D eigenvalue weighted by molar-refractivity contribution is -0.385. The number of sulfonamides is 1. The number of carbonyl (C=O) groups is 1. The maximum absolute atomic E-state index is 12.9. The van der Waals surface area contributed by atoms with E-state index in [9.17, 15) is 33.4 Å². The average Bonchev–Trinajstić information content (AvgIpc) is 2.78. The Balaban J connectivity index is 1.82. The quantitative estimate of drug-likeness (QED) is 0.370. The molecule has 1 aliphatic heterocycles. The molecule has 2 N–H and O–H groups in total. The van der Waals surface area contributed by atoms with Crippen LogP contribution in [0.3, 0.4) is 0 Å². The Morgan fingerprint density at radius 2 is 1.58 bits per heavy atom. The van der Waals surface area contributed by atoms with Crippen molar-refractivity contribution >= 4 is 33.0 Å². The van der Waals surface area contributed by atoms with Crippen LogP contribution in [0.1, 0.15) is 10.4 Å². The molecule has 0 aromatic heterocycles. The number of non-ortho nitro benzene ring substituents is 2. The van der Waals surface area contributed by atoms with Gasteiger partial charge in [-0.3, -0.25) is 30.2 Å². The van der Waals surface area contributed by atoms with Crippen molar-refractivity contribution in [1.82, 2.24) is 9.79 Å². The van der Waals surface area contributed by atoms with Crippen LogP contribution in [0.5, 0.6) is 0 Å². The van der Waals surface area contributed by atoms with Gasteiger partial charge < -0.3 is 4.90 Å². The Kier molecular flexibility index (Phi) is 6.14. The third-order valence-corrected chi connectivity index (χ3v) is 6.68. The second kappa shape index (κ2) is 8.63. The lowest BCUT2D eigenvalue weighted by Crippen LogP contribution is -2.49. The Hall–Kier alpha value is -3.62. The fourth-order valence-corrected chi connectivity index (χ4v) is 4.69. The van der Waals surface area contributed by atoms with Gasteiger partial charge in [-0.25, -0.2) is 13.9 Å². The van der Waals surface area contributed by atoms with E-state index in [1.54, 1.807) is 4.90 Å². The molecule has 13 nitrogen and oxygen atoms in total. The molecular formula is C17H17N5O8S. The highest BCUT2D eigenvalue weighted by Gasteiger charge is 2.31. The fraction of sp³-hybridized carbons (Fsp3) is 0.235. The Morgan fingerprint density at radius 1 is 0.968 bits per heavy atom. The number of carbonyl (C=O) groups excluding carboxylic acids is 1. The van der Waals surface area contributed by atoms with Crippen LogP contribution >= 0.6 is 0 Å². The molecule has 0 aliphatic carbocycles. The Bertz CT molecular complexity index is 1140. The van der Waals surface area contributed by atoms with Crippen LogP contribution < -0.4 is 10.4 Å². The van der Waals surface area contributed by atoms with E-state index in [-0.39, 0.29) is 48.0 Å². The monoisotopic (exact) mass is 451 g/mol. The summed E-state index contributed by atoms with van der Waals surface area (Å²) in [7, 11) is -3.98. The second-order valence-corrected chi connectivity index (χ2v) is 8.48. The molecular weight excluding hydrogens is 434 g/mol. The van der Waals surface area contributed by atoms with Gasteiger partial charge in [0.25, 0.3) is 17.3 Å². The van der Waals surface area contributed by atoms with E-state index in [0.29, 0.717) is 5.69 Å². The largest absolute Gasteiger partial charge is 0.368 e. The number of piperazine rings is 1. The van der Waals surface area contributed by atoms with Crippen LogP contribution in [0.4, 0.5) is 17.1 Å². The minimum absolute atomic E-state index is 0.0161. The molecule has 0 atom stereocenters. The standard InChI is InChI=1S/C17H17N5O8S/c23-17(18-24)15-11-13(22(27)28)4-5-16(15)19-6-8-20(9-7-19)31(29,30)14-3-1-2-12(10-14)21(25)26/h1-5,10-11,24H,6-9H2,(H,18,23). The minimum Gasteiger partial charge on any atom is -0.368 e. The zero-order chi connectivity index (χ0) is 22.8. The average molecular weight is 451 g/mol. The lowest BCUT2D eigenvalue weighted by Gasteiger charge is -2.36. The number of hydrogen-bond donors (Lipinski definition) is 2. The van der Waals surface area contributed by atoms with Crippen molar-refractivity contribution in [2.45, 2.75) is 4.90 Å². The molecule has 1 aliphatic rings. The van der Waals surface area contributed by atoms with Crippen molar-refractivity contribution in [2.75, 3.05) is 31.1 Å². The molecule has 0 saturated carbocycles. The van der Waals surface area contributed by atoms with Crippen molar-refractivity contribution in [1.29, 1.82) is 0 Å². The first-order valence-corrected chi connectivity index (χ1v) is 10.3. The summed E-state index contributed by atoms with van der Waals surface area (Å²) in [5.74, 6) is -0.939.